The summed E-state index contributed by atoms with van der Waals surface area (Å²) >= 11 is 0. The summed E-state index contributed by atoms with van der Waals surface area (Å²) in [6.45, 7) is 5.38. The van der Waals surface area contributed by atoms with Gasteiger partial charge in [-0.2, -0.15) is 0 Å². The van der Waals surface area contributed by atoms with Gasteiger partial charge < -0.3 is 10.4 Å². The molecule has 3 nitrogen and oxygen atoms in total. The second-order valence-corrected chi connectivity index (χ2v) is 2.46. The van der Waals surface area contributed by atoms with E-state index < -0.39 is 6.23 Å². The van der Waals surface area contributed by atoms with Crippen molar-refractivity contribution in [1.29, 1.82) is 5.41 Å². The van der Waals surface area contributed by atoms with Crippen LogP contribution in [0.1, 0.15) is 20.8 Å². The third kappa shape index (κ3) is 3.97. The lowest BCUT2D eigenvalue weighted by molar-refractivity contribution is 0.111. The lowest BCUT2D eigenvalue weighted by Gasteiger charge is -2.15. The van der Waals surface area contributed by atoms with Crippen molar-refractivity contribution in [3.05, 3.63) is 0 Å². The Balaban J connectivity index is 3.50. The minimum absolute atomic E-state index is 0.158. The van der Waals surface area contributed by atoms with Gasteiger partial charge in [0.05, 0.1) is 5.84 Å². The van der Waals surface area contributed by atoms with E-state index in [4.69, 9.17) is 10.5 Å². The average molecular weight is 130 g/mol. The van der Waals surface area contributed by atoms with Crippen LogP contribution in [0.15, 0.2) is 0 Å². The van der Waals surface area contributed by atoms with Crippen molar-refractivity contribution in [1.82, 2.24) is 5.32 Å². The van der Waals surface area contributed by atoms with E-state index in [9.17, 15) is 0 Å². The number of amidine groups is 1. The van der Waals surface area contributed by atoms with Gasteiger partial charge in [-0.05, 0) is 12.8 Å². The lowest BCUT2D eigenvalue weighted by Crippen LogP contribution is -2.36. The Morgan fingerprint density at radius 3 is 2.11 bits per heavy atom. The van der Waals surface area contributed by atoms with Gasteiger partial charge in [-0.1, -0.05) is 13.8 Å². The Kier molecular flexibility index (Phi) is 3.24. The monoisotopic (exact) mass is 130 g/mol. The Morgan fingerprint density at radius 2 is 2.00 bits per heavy atom. The molecule has 0 aromatic carbocycles. The molecule has 0 aliphatic carbocycles. The molecule has 0 spiro atoms. The highest BCUT2D eigenvalue weighted by Crippen LogP contribution is 1.95. The summed E-state index contributed by atoms with van der Waals surface area (Å²) in [4.78, 5) is 0. The average Bonchev–Trinajstić information content (AvgIpc) is 1.63. The predicted octanol–water partition coefficient (Wildman–Crippen LogP) is 0.548. The van der Waals surface area contributed by atoms with E-state index in [2.05, 4.69) is 5.32 Å². The maximum absolute atomic E-state index is 9.04. The zero-order valence-electron chi connectivity index (χ0n) is 6.10. The van der Waals surface area contributed by atoms with Crippen LogP contribution in [0, 0.1) is 11.3 Å². The van der Waals surface area contributed by atoms with Crippen LogP contribution in [0.4, 0.5) is 0 Å². The molecular weight excluding hydrogens is 116 g/mol. The molecule has 0 aromatic rings. The highest BCUT2D eigenvalue weighted by atomic mass is 16.3. The summed E-state index contributed by atoms with van der Waals surface area (Å²) < 4.78 is 0. The quantitative estimate of drug-likeness (QED) is 0.290. The Morgan fingerprint density at radius 1 is 1.56 bits per heavy atom. The second-order valence-electron chi connectivity index (χ2n) is 2.46. The van der Waals surface area contributed by atoms with Crippen LogP contribution in [0.25, 0.3) is 0 Å². The number of aliphatic hydroxyl groups is 1. The van der Waals surface area contributed by atoms with Gasteiger partial charge >= 0.3 is 0 Å². The van der Waals surface area contributed by atoms with Gasteiger partial charge in [-0.15, -0.1) is 0 Å². The molecule has 0 saturated carbocycles. The maximum Gasteiger partial charge on any atom is 0.127 e. The standard InChI is InChI=1S/C6H14N2O/c1-4(2)6(9)8-5(3)7/h4,6,9H,1-3H3,(H2,7,8). The summed E-state index contributed by atoms with van der Waals surface area (Å²) in [5.41, 5.74) is 0. The van der Waals surface area contributed by atoms with Crippen molar-refractivity contribution in [2.75, 3.05) is 0 Å². The van der Waals surface area contributed by atoms with Crippen LogP contribution in [0.3, 0.4) is 0 Å². The number of nitrogens with one attached hydrogen (secondary N) is 2. The molecular formula is C6H14N2O. The number of rotatable bonds is 2. The Hall–Kier alpha value is -0.570. The molecule has 9 heavy (non-hydrogen) atoms. The summed E-state index contributed by atoms with van der Waals surface area (Å²) in [5.74, 6) is 0.460. The normalized spacial score (nSPS) is 13.4. The molecule has 0 amide bonds. The first-order valence-electron chi connectivity index (χ1n) is 3.03. The number of hydrogen-bond donors (Lipinski definition) is 3. The van der Waals surface area contributed by atoms with Crippen molar-refractivity contribution in [2.24, 2.45) is 5.92 Å². The van der Waals surface area contributed by atoms with E-state index in [1.807, 2.05) is 13.8 Å². The first kappa shape index (κ1) is 8.43. The highest BCUT2D eigenvalue weighted by molar-refractivity contribution is 5.76. The van der Waals surface area contributed by atoms with Crippen molar-refractivity contribution in [2.45, 2.75) is 27.0 Å². The van der Waals surface area contributed by atoms with Gasteiger partial charge in [0.2, 0.25) is 0 Å². The van der Waals surface area contributed by atoms with E-state index >= 15 is 0 Å². The third-order valence-corrected chi connectivity index (χ3v) is 0.996. The molecule has 0 radical (unpaired) electrons. The SMILES string of the molecule is CC(=N)NC(O)C(C)C. The molecule has 1 unspecified atom stereocenters. The molecule has 3 heteroatoms. The van der Waals surface area contributed by atoms with E-state index in [-0.39, 0.29) is 5.92 Å². The number of aliphatic hydroxyl groups excluding tert-OH is 1. The molecule has 0 saturated heterocycles. The van der Waals surface area contributed by atoms with Gasteiger partial charge in [-0.3, -0.25) is 5.41 Å². The molecule has 0 aromatic heterocycles. The van der Waals surface area contributed by atoms with E-state index in [1.54, 1.807) is 6.92 Å². The van der Waals surface area contributed by atoms with Crippen LogP contribution in [0.5, 0.6) is 0 Å². The summed E-state index contributed by atoms with van der Waals surface area (Å²) in [6, 6.07) is 0. The van der Waals surface area contributed by atoms with Crippen LogP contribution in [-0.4, -0.2) is 17.2 Å². The number of hydrogen-bond acceptors (Lipinski definition) is 2. The van der Waals surface area contributed by atoms with Gasteiger partial charge in [0.15, 0.2) is 0 Å². The lowest BCUT2D eigenvalue weighted by atomic mass is 10.2. The first-order valence-corrected chi connectivity index (χ1v) is 3.03. The minimum Gasteiger partial charge on any atom is -0.374 e. The van der Waals surface area contributed by atoms with E-state index in [1.165, 1.54) is 0 Å². The predicted molar refractivity (Wildman–Crippen MR) is 37.4 cm³/mol. The Bertz CT molecular complexity index is 101. The molecule has 0 rings (SSSR count). The van der Waals surface area contributed by atoms with Crippen LogP contribution in [-0.2, 0) is 0 Å². The molecule has 0 fully saturated rings. The Labute approximate surface area is 55.6 Å². The maximum atomic E-state index is 9.04. The van der Waals surface area contributed by atoms with Crippen LogP contribution in [0.2, 0.25) is 0 Å². The third-order valence-electron chi connectivity index (χ3n) is 0.996. The van der Waals surface area contributed by atoms with Gasteiger partial charge in [0.1, 0.15) is 6.23 Å². The second kappa shape index (κ2) is 3.45. The topological polar surface area (TPSA) is 56.1 Å². The molecule has 0 aliphatic heterocycles. The van der Waals surface area contributed by atoms with Crippen molar-refractivity contribution >= 4 is 5.84 Å². The largest absolute Gasteiger partial charge is 0.374 e. The molecule has 3 N–H and O–H groups in total. The van der Waals surface area contributed by atoms with Crippen LogP contribution >= 0.6 is 0 Å². The molecule has 0 aliphatic rings. The fourth-order valence-electron chi connectivity index (χ4n) is 0.388. The van der Waals surface area contributed by atoms with Crippen molar-refractivity contribution in [3.8, 4) is 0 Å². The van der Waals surface area contributed by atoms with Gasteiger partial charge in [-0.25, -0.2) is 0 Å². The fourth-order valence-corrected chi connectivity index (χ4v) is 0.388. The smallest absolute Gasteiger partial charge is 0.127 e. The zero-order chi connectivity index (χ0) is 7.44. The highest BCUT2D eigenvalue weighted by Gasteiger charge is 2.06. The minimum atomic E-state index is -0.581. The van der Waals surface area contributed by atoms with Crippen LogP contribution < -0.4 is 5.32 Å². The van der Waals surface area contributed by atoms with E-state index in [0.29, 0.717) is 5.84 Å². The summed E-state index contributed by atoms with van der Waals surface area (Å²) in [5, 5.41) is 18.6. The fraction of sp³-hybridized carbons (Fsp3) is 0.833. The molecule has 1 atom stereocenters. The first-order chi connectivity index (χ1) is 4.04. The molecule has 0 bridgehead atoms. The molecule has 54 valence electrons. The summed E-state index contributed by atoms with van der Waals surface area (Å²) in [6.07, 6.45) is -0.581. The molecule has 0 heterocycles. The van der Waals surface area contributed by atoms with Crippen molar-refractivity contribution < 1.29 is 5.11 Å². The van der Waals surface area contributed by atoms with Gasteiger partial charge in [0, 0.05) is 0 Å². The van der Waals surface area contributed by atoms with E-state index in [0.717, 1.165) is 0 Å². The van der Waals surface area contributed by atoms with Crippen molar-refractivity contribution in [3.63, 3.8) is 0 Å². The van der Waals surface area contributed by atoms with Gasteiger partial charge in [0.25, 0.3) is 0 Å². The zero-order valence-corrected chi connectivity index (χ0v) is 6.10. The summed E-state index contributed by atoms with van der Waals surface area (Å²) in [7, 11) is 0.